The van der Waals surface area contributed by atoms with E-state index in [-0.39, 0.29) is 12.3 Å². The zero-order chi connectivity index (χ0) is 12.0. The minimum atomic E-state index is -3.36. The van der Waals surface area contributed by atoms with Crippen LogP contribution in [-0.4, -0.2) is 30.8 Å². The van der Waals surface area contributed by atoms with Crippen LogP contribution in [0, 0.1) is 6.92 Å². The molecule has 0 saturated heterocycles. The van der Waals surface area contributed by atoms with Gasteiger partial charge in [0.2, 0.25) is 5.91 Å². The maximum Gasteiger partial charge on any atom is 0.235 e. The summed E-state index contributed by atoms with van der Waals surface area (Å²) in [4.78, 5) is 15.1. The maximum atomic E-state index is 11.3. The fraction of sp³-hybridized carbons (Fsp3) is 0.300. The lowest BCUT2D eigenvalue weighted by molar-refractivity contribution is -0.118. The molecule has 0 aliphatic carbocycles. The summed E-state index contributed by atoms with van der Waals surface area (Å²) in [5.74, 6) is -1.31. The van der Waals surface area contributed by atoms with Gasteiger partial charge in [-0.3, -0.25) is 9.78 Å². The van der Waals surface area contributed by atoms with Crippen LogP contribution in [0.25, 0.3) is 0 Å². The minimum Gasteiger partial charge on any atom is -0.351 e. The number of hydrogen-bond acceptors (Lipinski definition) is 4. The SMILES string of the molecule is [CH2]CS(=O)(=O)CC(=O)NCc1cccnc1. The van der Waals surface area contributed by atoms with Crippen molar-refractivity contribution in [3.8, 4) is 0 Å². The van der Waals surface area contributed by atoms with E-state index in [0.717, 1.165) is 5.56 Å². The summed E-state index contributed by atoms with van der Waals surface area (Å²) in [5.41, 5.74) is 0.822. The van der Waals surface area contributed by atoms with Gasteiger partial charge in [-0.1, -0.05) is 6.07 Å². The van der Waals surface area contributed by atoms with Crippen LogP contribution in [-0.2, 0) is 21.2 Å². The van der Waals surface area contributed by atoms with Gasteiger partial charge in [-0.15, -0.1) is 0 Å². The van der Waals surface area contributed by atoms with Gasteiger partial charge in [0.15, 0.2) is 9.84 Å². The zero-order valence-corrected chi connectivity index (χ0v) is 9.53. The van der Waals surface area contributed by atoms with Crippen LogP contribution in [0.5, 0.6) is 0 Å². The molecule has 87 valence electrons. The summed E-state index contributed by atoms with van der Waals surface area (Å²) in [6.07, 6.45) is 3.23. The van der Waals surface area contributed by atoms with Crippen LogP contribution in [0.15, 0.2) is 24.5 Å². The fourth-order valence-corrected chi connectivity index (χ4v) is 1.67. The van der Waals surface area contributed by atoms with Gasteiger partial charge in [-0.2, -0.15) is 0 Å². The number of pyridine rings is 1. The van der Waals surface area contributed by atoms with E-state index in [9.17, 15) is 13.2 Å². The summed E-state index contributed by atoms with van der Waals surface area (Å²) in [6.45, 7) is 3.53. The summed E-state index contributed by atoms with van der Waals surface area (Å²) >= 11 is 0. The number of rotatable bonds is 5. The molecule has 0 fully saturated rings. The topological polar surface area (TPSA) is 76.1 Å². The number of nitrogens with zero attached hydrogens (tertiary/aromatic N) is 1. The Morgan fingerprint density at radius 2 is 2.25 bits per heavy atom. The largest absolute Gasteiger partial charge is 0.351 e. The van der Waals surface area contributed by atoms with Gasteiger partial charge in [0.1, 0.15) is 5.75 Å². The second-order valence-corrected chi connectivity index (χ2v) is 5.41. The molecule has 0 aliphatic rings. The van der Waals surface area contributed by atoms with Crippen molar-refractivity contribution in [1.29, 1.82) is 0 Å². The quantitative estimate of drug-likeness (QED) is 0.784. The average Bonchev–Trinajstić information content (AvgIpc) is 2.27. The second kappa shape index (κ2) is 5.60. The van der Waals surface area contributed by atoms with E-state index in [1.165, 1.54) is 0 Å². The summed E-state index contributed by atoms with van der Waals surface area (Å²) < 4.78 is 22.2. The molecule has 1 aromatic rings. The molecule has 0 saturated carbocycles. The van der Waals surface area contributed by atoms with Crippen LogP contribution in [0.4, 0.5) is 0 Å². The van der Waals surface area contributed by atoms with Crippen molar-refractivity contribution in [1.82, 2.24) is 10.3 Å². The predicted octanol–water partition coefficient (Wildman–Crippen LogP) is -0.0533. The van der Waals surface area contributed by atoms with Crippen molar-refractivity contribution in [3.63, 3.8) is 0 Å². The molecule has 0 spiro atoms. The number of amides is 1. The summed E-state index contributed by atoms with van der Waals surface area (Å²) in [6, 6.07) is 3.54. The highest BCUT2D eigenvalue weighted by atomic mass is 32.2. The summed E-state index contributed by atoms with van der Waals surface area (Å²) in [7, 11) is -3.36. The Bertz CT molecular complexity index is 442. The standard InChI is InChI=1S/C10H13N2O3S/c1-2-16(14,15)8-10(13)12-7-9-4-3-5-11-6-9/h3-6H,1-2,7-8H2,(H,12,13). The number of carbonyl (C=O) groups excluding carboxylic acids is 1. The molecule has 0 unspecified atom stereocenters. The molecular weight excluding hydrogens is 228 g/mol. The second-order valence-electron chi connectivity index (χ2n) is 3.23. The van der Waals surface area contributed by atoms with Crippen LogP contribution >= 0.6 is 0 Å². The molecule has 0 bridgehead atoms. The lowest BCUT2D eigenvalue weighted by Crippen LogP contribution is -2.30. The van der Waals surface area contributed by atoms with E-state index in [0.29, 0.717) is 0 Å². The van der Waals surface area contributed by atoms with Gasteiger partial charge in [-0.25, -0.2) is 8.42 Å². The third-order valence-electron chi connectivity index (χ3n) is 1.87. The average molecular weight is 241 g/mol. The van der Waals surface area contributed by atoms with Gasteiger partial charge >= 0.3 is 0 Å². The number of carbonyl (C=O) groups is 1. The van der Waals surface area contributed by atoms with Gasteiger partial charge < -0.3 is 5.32 Å². The first kappa shape index (κ1) is 12.6. The molecule has 16 heavy (non-hydrogen) atoms. The summed E-state index contributed by atoms with van der Waals surface area (Å²) in [5, 5.41) is 2.50. The molecule has 0 aliphatic heterocycles. The smallest absolute Gasteiger partial charge is 0.235 e. The predicted molar refractivity (Wildman–Crippen MR) is 60.1 cm³/mol. The van der Waals surface area contributed by atoms with Crippen LogP contribution < -0.4 is 5.32 Å². The van der Waals surface area contributed by atoms with E-state index in [1.807, 2.05) is 0 Å². The lowest BCUT2D eigenvalue weighted by Gasteiger charge is -2.04. The third kappa shape index (κ3) is 4.39. The van der Waals surface area contributed by atoms with Crippen molar-refractivity contribution in [3.05, 3.63) is 37.0 Å². The van der Waals surface area contributed by atoms with Gasteiger partial charge in [0.25, 0.3) is 0 Å². The van der Waals surface area contributed by atoms with Crippen molar-refractivity contribution in [2.45, 2.75) is 6.54 Å². The Kier molecular flexibility index (Phi) is 4.42. The van der Waals surface area contributed by atoms with Crippen molar-refractivity contribution < 1.29 is 13.2 Å². The van der Waals surface area contributed by atoms with Gasteiger partial charge in [-0.05, 0) is 18.6 Å². The molecule has 5 nitrogen and oxygen atoms in total. The highest BCUT2D eigenvalue weighted by Gasteiger charge is 2.13. The molecule has 6 heteroatoms. The molecule has 1 amide bonds. The Balaban J connectivity index is 2.43. The molecule has 1 heterocycles. The minimum absolute atomic E-state index is 0.271. The van der Waals surface area contributed by atoms with Crippen molar-refractivity contribution in [2.24, 2.45) is 0 Å². The lowest BCUT2D eigenvalue weighted by atomic mass is 10.3. The zero-order valence-electron chi connectivity index (χ0n) is 8.72. The first-order chi connectivity index (χ1) is 7.53. The normalized spacial score (nSPS) is 11.1. The number of aromatic nitrogens is 1. The number of sulfone groups is 1. The van der Waals surface area contributed by atoms with Crippen LogP contribution in [0.1, 0.15) is 5.56 Å². The van der Waals surface area contributed by atoms with Gasteiger partial charge in [0.05, 0.1) is 5.75 Å². The number of hydrogen-bond donors (Lipinski definition) is 1. The third-order valence-corrected chi connectivity index (χ3v) is 3.20. The van der Waals surface area contributed by atoms with Crippen molar-refractivity contribution >= 4 is 15.7 Å². The fourth-order valence-electron chi connectivity index (χ4n) is 1.03. The van der Waals surface area contributed by atoms with Crippen LogP contribution in [0.2, 0.25) is 0 Å². The Labute approximate surface area is 94.8 Å². The Hall–Kier alpha value is -1.43. The maximum absolute atomic E-state index is 11.3. The van der Waals surface area contributed by atoms with E-state index >= 15 is 0 Å². The molecule has 0 aromatic carbocycles. The molecular formula is C10H13N2O3S. The Morgan fingerprint density at radius 1 is 1.50 bits per heavy atom. The number of nitrogens with one attached hydrogen (secondary N) is 1. The molecule has 1 N–H and O–H groups in total. The van der Waals surface area contributed by atoms with Crippen molar-refractivity contribution in [2.75, 3.05) is 11.5 Å². The Morgan fingerprint density at radius 3 is 2.81 bits per heavy atom. The first-order valence-corrected chi connectivity index (χ1v) is 6.51. The molecule has 1 radical (unpaired) electrons. The highest BCUT2D eigenvalue weighted by Crippen LogP contribution is 1.95. The first-order valence-electron chi connectivity index (χ1n) is 4.69. The van der Waals surface area contributed by atoms with Crippen LogP contribution in [0.3, 0.4) is 0 Å². The van der Waals surface area contributed by atoms with E-state index < -0.39 is 21.5 Å². The molecule has 0 atom stereocenters. The molecule has 1 rings (SSSR count). The monoisotopic (exact) mass is 241 g/mol. The van der Waals surface area contributed by atoms with E-state index in [2.05, 4.69) is 17.2 Å². The van der Waals surface area contributed by atoms with Gasteiger partial charge in [0, 0.05) is 18.9 Å². The van der Waals surface area contributed by atoms with E-state index in [1.54, 1.807) is 24.5 Å². The molecule has 1 aromatic heterocycles. The highest BCUT2D eigenvalue weighted by molar-refractivity contribution is 7.92. The van der Waals surface area contributed by atoms with E-state index in [4.69, 9.17) is 0 Å².